The van der Waals surface area contributed by atoms with E-state index in [4.69, 9.17) is 9.84 Å². The number of para-hydroxylation sites is 1. The van der Waals surface area contributed by atoms with Gasteiger partial charge in [-0.2, -0.15) is 0 Å². The zero-order valence-electron chi connectivity index (χ0n) is 12.7. The number of rotatable bonds is 6. The highest BCUT2D eigenvalue weighted by Gasteiger charge is 2.34. The van der Waals surface area contributed by atoms with Gasteiger partial charge in [0.15, 0.2) is 0 Å². The number of amides is 1. The van der Waals surface area contributed by atoms with Crippen LogP contribution in [0, 0.1) is 0 Å². The summed E-state index contributed by atoms with van der Waals surface area (Å²) in [5.41, 5.74) is 0.949. The largest absolute Gasteiger partial charge is 0.496 e. The van der Waals surface area contributed by atoms with E-state index in [-0.39, 0.29) is 16.8 Å². The van der Waals surface area contributed by atoms with Crippen LogP contribution in [-0.4, -0.2) is 35.0 Å². The Hall–Kier alpha value is -2.34. The minimum Gasteiger partial charge on any atom is -0.496 e. The van der Waals surface area contributed by atoms with E-state index >= 15 is 0 Å². The Bertz CT molecular complexity index is 736. The molecule has 1 aromatic carbocycles. The molecule has 1 aliphatic carbocycles. The number of hydrogen-bond donors (Lipinski definition) is 1. The van der Waals surface area contributed by atoms with E-state index < -0.39 is 5.97 Å². The lowest BCUT2D eigenvalue weighted by Gasteiger charge is -2.23. The Morgan fingerprint density at radius 1 is 1.22 bits per heavy atom. The van der Waals surface area contributed by atoms with Crippen molar-refractivity contribution >= 4 is 23.2 Å². The molecule has 1 aromatic heterocycles. The predicted octanol–water partition coefficient (Wildman–Crippen LogP) is 3.26. The number of hydrogen-bond acceptors (Lipinski definition) is 4. The Balaban J connectivity index is 1.83. The first-order valence-corrected chi connectivity index (χ1v) is 8.18. The van der Waals surface area contributed by atoms with Gasteiger partial charge in [-0.15, -0.1) is 11.3 Å². The summed E-state index contributed by atoms with van der Waals surface area (Å²) in [6, 6.07) is 10.9. The second-order valence-corrected chi connectivity index (χ2v) is 6.53. The molecule has 0 saturated heterocycles. The molecule has 0 spiro atoms. The van der Waals surface area contributed by atoms with Gasteiger partial charge in [-0.25, -0.2) is 4.79 Å². The Kier molecular flexibility index (Phi) is 4.34. The monoisotopic (exact) mass is 331 g/mol. The SMILES string of the molecule is COc1ccccc1CN(C(=O)c1ccc(C(=O)O)s1)C1CC1. The van der Waals surface area contributed by atoms with Crippen LogP contribution in [0.3, 0.4) is 0 Å². The zero-order valence-corrected chi connectivity index (χ0v) is 13.5. The van der Waals surface area contributed by atoms with Crippen LogP contribution in [0.25, 0.3) is 0 Å². The number of thiophene rings is 1. The summed E-state index contributed by atoms with van der Waals surface area (Å²) in [5, 5.41) is 9.01. The van der Waals surface area contributed by atoms with E-state index in [1.54, 1.807) is 13.2 Å². The Morgan fingerprint density at radius 2 is 1.91 bits per heavy atom. The van der Waals surface area contributed by atoms with Gasteiger partial charge in [0.25, 0.3) is 5.91 Å². The second kappa shape index (κ2) is 6.42. The normalized spacial score (nSPS) is 13.6. The number of carboxylic acid groups (broad SMARTS) is 1. The van der Waals surface area contributed by atoms with Gasteiger partial charge in [-0.05, 0) is 31.0 Å². The quantitative estimate of drug-likeness (QED) is 0.882. The number of aromatic carboxylic acids is 1. The molecule has 2 aromatic rings. The zero-order chi connectivity index (χ0) is 16.4. The molecule has 23 heavy (non-hydrogen) atoms. The van der Waals surface area contributed by atoms with Crippen molar-refractivity contribution < 1.29 is 19.4 Å². The lowest BCUT2D eigenvalue weighted by molar-refractivity contribution is 0.0700. The van der Waals surface area contributed by atoms with Gasteiger partial charge in [-0.3, -0.25) is 4.79 Å². The average Bonchev–Trinajstić information content (AvgIpc) is 3.27. The molecule has 5 nitrogen and oxygen atoms in total. The third-order valence-corrected chi connectivity index (χ3v) is 4.87. The maximum Gasteiger partial charge on any atom is 0.345 e. The highest BCUT2D eigenvalue weighted by atomic mass is 32.1. The van der Waals surface area contributed by atoms with Crippen LogP contribution >= 0.6 is 11.3 Å². The van der Waals surface area contributed by atoms with E-state index in [0.29, 0.717) is 11.4 Å². The third kappa shape index (κ3) is 3.37. The lowest BCUT2D eigenvalue weighted by Crippen LogP contribution is -2.32. The van der Waals surface area contributed by atoms with Gasteiger partial charge < -0.3 is 14.7 Å². The number of benzene rings is 1. The third-order valence-electron chi connectivity index (χ3n) is 3.81. The number of carbonyl (C=O) groups excluding carboxylic acids is 1. The van der Waals surface area contributed by atoms with Crippen LogP contribution < -0.4 is 4.74 Å². The van der Waals surface area contributed by atoms with E-state index in [1.165, 1.54) is 6.07 Å². The Morgan fingerprint density at radius 3 is 2.52 bits per heavy atom. The topological polar surface area (TPSA) is 66.8 Å². The Labute approximate surface area is 138 Å². The molecular weight excluding hydrogens is 314 g/mol. The molecule has 0 bridgehead atoms. The highest BCUT2D eigenvalue weighted by Crippen LogP contribution is 2.32. The van der Waals surface area contributed by atoms with E-state index in [0.717, 1.165) is 35.5 Å². The molecule has 0 radical (unpaired) electrons. The average molecular weight is 331 g/mol. The van der Waals surface area contributed by atoms with Crippen LogP contribution in [0.5, 0.6) is 5.75 Å². The van der Waals surface area contributed by atoms with Gasteiger partial charge in [0.1, 0.15) is 10.6 Å². The van der Waals surface area contributed by atoms with Gasteiger partial charge in [0.2, 0.25) is 0 Å². The summed E-state index contributed by atoms with van der Waals surface area (Å²) in [4.78, 5) is 26.2. The van der Waals surface area contributed by atoms with E-state index in [1.807, 2.05) is 29.2 Å². The molecule has 1 fully saturated rings. The minimum atomic E-state index is -1.00. The first-order chi connectivity index (χ1) is 11.1. The van der Waals surface area contributed by atoms with Crippen LogP contribution in [0.1, 0.15) is 37.7 Å². The molecule has 120 valence electrons. The van der Waals surface area contributed by atoms with Crippen molar-refractivity contribution in [3.8, 4) is 5.75 Å². The first-order valence-electron chi connectivity index (χ1n) is 7.36. The molecule has 1 aliphatic rings. The molecule has 1 N–H and O–H groups in total. The molecule has 1 amide bonds. The summed E-state index contributed by atoms with van der Waals surface area (Å²) in [6.07, 6.45) is 1.97. The maximum atomic E-state index is 12.8. The molecule has 0 aliphatic heterocycles. The van der Waals surface area contributed by atoms with Crippen LogP contribution in [0.15, 0.2) is 36.4 Å². The fourth-order valence-corrected chi connectivity index (χ4v) is 3.28. The molecule has 0 atom stereocenters. The summed E-state index contributed by atoms with van der Waals surface area (Å²) in [6.45, 7) is 0.466. The van der Waals surface area contributed by atoms with Crippen molar-refractivity contribution in [2.75, 3.05) is 7.11 Å². The first kappa shape index (κ1) is 15.6. The number of carboxylic acids is 1. The molecule has 1 heterocycles. The van der Waals surface area contributed by atoms with E-state index in [9.17, 15) is 9.59 Å². The molecular formula is C17H17NO4S. The summed E-state index contributed by atoms with van der Waals surface area (Å²) in [7, 11) is 1.61. The fourth-order valence-electron chi connectivity index (χ4n) is 2.48. The predicted molar refractivity (Wildman–Crippen MR) is 87.2 cm³/mol. The smallest absolute Gasteiger partial charge is 0.345 e. The van der Waals surface area contributed by atoms with Crippen LogP contribution in [-0.2, 0) is 6.54 Å². The number of methoxy groups -OCH3 is 1. The lowest BCUT2D eigenvalue weighted by atomic mass is 10.2. The minimum absolute atomic E-state index is 0.115. The van der Waals surface area contributed by atoms with Crippen LogP contribution in [0.2, 0.25) is 0 Å². The summed E-state index contributed by atoms with van der Waals surface area (Å²) >= 11 is 1.02. The summed E-state index contributed by atoms with van der Waals surface area (Å²) in [5.74, 6) is -0.365. The summed E-state index contributed by atoms with van der Waals surface area (Å²) < 4.78 is 5.35. The van der Waals surface area contributed by atoms with Gasteiger partial charge >= 0.3 is 5.97 Å². The van der Waals surface area contributed by atoms with Gasteiger partial charge in [0.05, 0.1) is 12.0 Å². The number of nitrogens with zero attached hydrogens (tertiary/aromatic N) is 1. The van der Waals surface area contributed by atoms with Gasteiger partial charge in [0, 0.05) is 18.2 Å². The fraction of sp³-hybridized carbons (Fsp3) is 0.294. The standard InChI is InChI=1S/C17H17NO4S/c1-22-13-5-3-2-4-11(13)10-18(12-6-7-12)16(19)14-8-9-15(23-14)17(20)21/h2-5,8-9,12H,6-7,10H2,1H3,(H,20,21). The highest BCUT2D eigenvalue weighted by molar-refractivity contribution is 7.15. The van der Waals surface area contributed by atoms with Crippen molar-refractivity contribution in [2.45, 2.75) is 25.4 Å². The van der Waals surface area contributed by atoms with Crippen molar-refractivity contribution in [1.82, 2.24) is 4.90 Å². The maximum absolute atomic E-state index is 12.8. The number of ether oxygens (including phenoxy) is 1. The molecule has 0 unspecified atom stereocenters. The number of carbonyl (C=O) groups is 2. The van der Waals surface area contributed by atoms with Crippen molar-refractivity contribution in [3.63, 3.8) is 0 Å². The second-order valence-electron chi connectivity index (χ2n) is 5.45. The van der Waals surface area contributed by atoms with Gasteiger partial charge in [-0.1, -0.05) is 18.2 Å². The molecule has 6 heteroatoms. The van der Waals surface area contributed by atoms with E-state index in [2.05, 4.69) is 0 Å². The van der Waals surface area contributed by atoms with Crippen molar-refractivity contribution in [2.24, 2.45) is 0 Å². The van der Waals surface area contributed by atoms with Crippen LogP contribution in [0.4, 0.5) is 0 Å². The molecule has 1 saturated carbocycles. The van der Waals surface area contributed by atoms with Crippen molar-refractivity contribution in [3.05, 3.63) is 51.7 Å². The van der Waals surface area contributed by atoms with Crippen molar-refractivity contribution in [1.29, 1.82) is 0 Å². The molecule has 3 rings (SSSR count).